The number of amides is 2. The summed E-state index contributed by atoms with van der Waals surface area (Å²) in [6.07, 6.45) is 1.48. The largest absolute Gasteiger partial charge is 0.493 e. The van der Waals surface area contributed by atoms with E-state index in [2.05, 4.69) is 5.32 Å². The van der Waals surface area contributed by atoms with E-state index in [0.29, 0.717) is 22.7 Å². The monoisotopic (exact) mass is 516 g/mol. The average molecular weight is 517 g/mol. The van der Waals surface area contributed by atoms with E-state index in [0.717, 1.165) is 16.7 Å². The van der Waals surface area contributed by atoms with Gasteiger partial charge in [0, 0.05) is 0 Å². The standard InChI is InChI=1S/C28H24N2O6S/c1-16-4-10-21(12-17(16)2)30-26(32)22(25(31)29-28(30)37)13-19-7-11-23(24(14-19)35-3)36-15-18-5-8-20(9-6-18)27(33)34/h4-14H,15H2,1-3H3,(H,33,34)(H,29,31,37)/b22-13-. The predicted octanol–water partition coefficient (Wildman–Crippen LogP) is 4.42. The fraction of sp³-hybridized carbons (Fsp3) is 0.143. The quantitative estimate of drug-likeness (QED) is 0.272. The van der Waals surface area contributed by atoms with Gasteiger partial charge in [-0.1, -0.05) is 24.3 Å². The molecule has 3 aromatic carbocycles. The van der Waals surface area contributed by atoms with Crippen molar-refractivity contribution in [2.24, 2.45) is 0 Å². The van der Waals surface area contributed by atoms with Gasteiger partial charge >= 0.3 is 5.97 Å². The van der Waals surface area contributed by atoms with Crippen LogP contribution in [0.2, 0.25) is 0 Å². The molecule has 0 saturated carbocycles. The Bertz CT molecular complexity index is 1450. The molecule has 1 aliphatic heterocycles. The minimum absolute atomic E-state index is 0.0214. The number of carbonyl (C=O) groups excluding carboxylic acids is 2. The summed E-state index contributed by atoms with van der Waals surface area (Å²) in [5.41, 5.74) is 4.10. The molecule has 0 aromatic heterocycles. The topological polar surface area (TPSA) is 105 Å². The number of thiocarbonyl (C=S) groups is 1. The number of ether oxygens (including phenoxy) is 2. The van der Waals surface area contributed by atoms with Crippen LogP contribution in [0, 0.1) is 13.8 Å². The molecule has 0 unspecified atom stereocenters. The maximum absolute atomic E-state index is 13.3. The molecule has 2 N–H and O–H groups in total. The normalized spacial score (nSPS) is 14.5. The summed E-state index contributed by atoms with van der Waals surface area (Å²) in [6.45, 7) is 4.10. The molecule has 1 heterocycles. The molecule has 0 bridgehead atoms. The van der Waals surface area contributed by atoms with Crippen molar-refractivity contribution in [1.29, 1.82) is 0 Å². The van der Waals surface area contributed by atoms with Crippen molar-refractivity contribution in [2.45, 2.75) is 20.5 Å². The predicted molar refractivity (Wildman–Crippen MR) is 143 cm³/mol. The van der Waals surface area contributed by atoms with Gasteiger partial charge in [0.1, 0.15) is 12.2 Å². The van der Waals surface area contributed by atoms with Crippen LogP contribution in [-0.2, 0) is 16.2 Å². The van der Waals surface area contributed by atoms with Crippen LogP contribution in [0.3, 0.4) is 0 Å². The maximum Gasteiger partial charge on any atom is 0.335 e. The highest BCUT2D eigenvalue weighted by atomic mass is 32.1. The van der Waals surface area contributed by atoms with Gasteiger partial charge in [0.05, 0.1) is 18.4 Å². The number of methoxy groups -OCH3 is 1. The molecular formula is C28H24N2O6S. The van der Waals surface area contributed by atoms with Crippen molar-refractivity contribution in [3.8, 4) is 11.5 Å². The smallest absolute Gasteiger partial charge is 0.335 e. The van der Waals surface area contributed by atoms with E-state index in [-0.39, 0.29) is 22.9 Å². The Hall–Kier alpha value is -4.50. The van der Waals surface area contributed by atoms with Gasteiger partial charge in [-0.25, -0.2) is 4.79 Å². The number of carboxylic acid groups (broad SMARTS) is 1. The van der Waals surface area contributed by atoms with Crippen LogP contribution in [0.25, 0.3) is 6.08 Å². The zero-order valence-corrected chi connectivity index (χ0v) is 21.2. The molecule has 1 aliphatic rings. The first-order chi connectivity index (χ1) is 17.7. The lowest BCUT2D eigenvalue weighted by atomic mass is 10.0. The van der Waals surface area contributed by atoms with Crippen LogP contribution in [0.5, 0.6) is 11.5 Å². The average Bonchev–Trinajstić information content (AvgIpc) is 2.87. The summed E-state index contributed by atoms with van der Waals surface area (Å²) in [5, 5.41) is 11.6. The molecular weight excluding hydrogens is 492 g/mol. The Labute approximate surface area is 219 Å². The molecule has 0 aliphatic carbocycles. The number of anilines is 1. The van der Waals surface area contributed by atoms with E-state index < -0.39 is 17.8 Å². The van der Waals surface area contributed by atoms with Gasteiger partial charge in [0.2, 0.25) is 0 Å². The number of hydrogen-bond donors (Lipinski definition) is 2. The van der Waals surface area contributed by atoms with Crippen LogP contribution in [0.15, 0.2) is 66.2 Å². The third-order valence-electron chi connectivity index (χ3n) is 5.94. The lowest BCUT2D eigenvalue weighted by Gasteiger charge is -2.29. The van der Waals surface area contributed by atoms with Crippen LogP contribution >= 0.6 is 12.2 Å². The van der Waals surface area contributed by atoms with Crippen molar-refractivity contribution in [1.82, 2.24) is 5.32 Å². The SMILES string of the molecule is COc1cc(/C=C2/C(=O)NC(=S)N(c3ccc(C)c(C)c3)C2=O)ccc1OCc1ccc(C(=O)O)cc1. The molecule has 1 fully saturated rings. The Morgan fingerprint density at radius 2 is 1.73 bits per heavy atom. The van der Waals surface area contributed by atoms with Crippen molar-refractivity contribution in [3.63, 3.8) is 0 Å². The summed E-state index contributed by atoms with van der Waals surface area (Å²) in [6, 6.07) is 16.9. The Morgan fingerprint density at radius 3 is 2.38 bits per heavy atom. The first kappa shape index (κ1) is 25.6. The summed E-state index contributed by atoms with van der Waals surface area (Å²) >= 11 is 5.28. The van der Waals surface area contributed by atoms with Crippen molar-refractivity contribution in [2.75, 3.05) is 12.0 Å². The number of hydrogen-bond acceptors (Lipinski definition) is 6. The lowest BCUT2D eigenvalue weighted by Crippen LogP contribution is -2.54. The number of carbonyl (C=O) groups is 3. The van der Waals surface area contributed by atoms with Crippen molar-refractivity contribution in [3.05, 3.63) is 94.1 Å². The molecule has 0 atom stereocenters. The highest BCUT2D eigenvalue weighted by molar-refractivity contribution is 7.80. The summed E-state index contributed by atoms with van der Waals surface area (Å²) < 4.78 is 11.3. The second-order valence-corrected chi connectivity index (χ2v) is 8.81. The highest BCUT2D eigenvalue weighted by Crippen LogP contribution is 2.31. The molecule has 0 radical (unpaired) electrons. The van der Waals surface area contributed by atoms with E-state index in [1.54, 1.807) is 36.4 Å². The molecule has 1 saturated heterocycles. The van der Waals surface area contributed by atoms with E-state index in [1.165, 1.54) is 30.2 Å². The van der Waals surface area contributed by atoms with Gasteiger partial charge in [-0.15, -0.1) is 0 Å². The molecule has 4 rings (SSSR count). The molecule has 3 aromatic rings. The zero-order chi connectivity index (χ0) is 26.7. The number of nitrogens with one attached hydrogen (secondary N) is 1. The lowest BCUT2D eigenvalue weighted by molar-refractivity contribution is -0.122. The third kappa shape index (κ3) is 5.52. The highest BCUT2D eigenvalue weighted by Gasteiger charge is 2.34. The van der Waals surface area contributed by atoms with Gasteiger partial charge < -0.3 is 14.6 Å². The van der Waals surface area contributed by atoms with Crippen LogP contribution in [0.1, 0.15) is 32.6 Å². The van der Waals surface area contributed by atoms with E-state index in [1.807, 2.05) is 26.0 Å². The number of benzene rings is 3. The van der Waals surface area contributed by atoms with Gasteiger partial charge in [-0.2, -0.15) is 0 Å². The summed E-state index contributed by atoms with van der Waals surface area (Å²) in [4.78, 5) is 38.3. The summed E-state index contributed by atoms with van der Waals surface area (Å²) in [5.74, 6) is -1.26. The number of rotatable bonds is 7. The van der Waals surface area contributed by atoms with Crippen LogP contribution in [-0.4, -0.2) is 35.1 Å². The number of carboxylic acids is 1. The minimum atomic E-state index is -0.997. The third-order valence-corrected chi connectivity index (χ3v) is 6.23. The minimum Gasteiger partial charge on any atom is -0.493 e. The van der Waals surface area contributed by atoms with E-state index in [9.17, 15) is 14.4 Å². The second-order valence-electron chi connectivity index (χ2n) is 8.43. The van der Waals surface area contributed by atoms with Gasteiger partial charge in [0.25, 0.3) is 11.8 Å². The zero-order valence-electron chi connectivity index (χ0n) is 20.4. The summed E-state index contributed by atoms with van der Waals surface area (Å²) in [7, 11) is 1.49. The molecule has 37 heavy (non-hydrogen) atoms. The molecule has 9 heteroatoms. The molecule has 188 valence electrons. The number of nitrogens with zero attached hydrogens (tertiary/aromatic N) is 1. The number of aryl methyl sites for hydroxylation is 2. The molecule has 8 nitrogen and oxygen atoms in total. The van der Waals surface area contributed by atoms with Crippen molar-refractivity contribution < 1.29 is 29.0 Å². The van der Waals surface area contributed by atoms with Gasteiger partial charge in [0.15, 0.2) is 16.6 Å². The Kier molecular flexibility index (Phi) is 7.35. The second kappa shape index (κ2) is 10.6. The fourth-order valence-electron chi connectivity index (χ4n) is 3.72. The van der Waals surface area contributed by atoms with Gasteiger partial charge in [-0.05, 0) is 90.8 Å². The first-order valence-electron chi connectivity index (χ1n) is 11.3. The number of aromatic carboxylic acids is 1. The van der Waals surface area contributed by atoms with E-state index >= 15 is 0 Å². The van der Waals surface area contributed by atoms with Crippen LogP contribution in [0.4, 0.5) is 5.69 Å². The Morgan fingerprint density at radius 1 is 1.00 bits per heavy atom. The van der Waals surface area contributed by atoms with Gasteiger partial charge in [-0.3, -0.25) is 19.8 Å². The van der Waals surface area contributed by atoms with Crippen molar-refractivity contribution >= 4 is 46.9 Å². The van der Waals surface area contributed by atoms with Crippen LogP contribution < -0.4 is 19.7 Å². The fourth-order valence-corrected chi connectivity index (χ4v) is 4.00. The molecule has 2 amide bonds. The maximum atomic E-state index is 13.3. The Balaban J connectivity index is 1.57. The van der Waals surface area contributed by atoms with E-state index in [4.69, 9.17) is 26.8 Å². The molecule has 0 spiro atoms. The first-order valence-corrected chi connectivity index (χ1v) is 11.7.